The molecule has 0 unspecified atom stereocenters. The van der Waals surface area contributed by atoms with E-state index in [1.165, 1.54) is 7.05 Å². The topological polar surface area (TPSA) is 57.7 Å². The van der Waals surface area contributed by atoms with Crippen molar-refractivity contribution in [3.8, 4) is 0 Å². The molecule has 1 saturated carbocycles. The molecule has 0 spiro atoms. The number of rotatable bonds is 2. The maximum Gasteiger partial charge on any atom is 0.333 e. The van der Waals surface area contributed by atoms with Gasteiger partial charge in [-0.2, -0.15) is 0 Å². The molecule has 70 valence electrons. The van der Waals surface area contributed by atoms with E-state index in [0.717, 1.165) is 22.6 Å². The van der Waals surface area contributed by atoms with Gasteiger partial charge >= 0.3 is 17.8 Å². The lowest BCUT2D eigenvalue weighted by atomic mass is 10.4. The molecule has 0 radical (unpaired) electrons. The molecule has 4 amide bonds. The van der Waals surface area contributed by atoms with E-state index in [0.29, 0.717) is 12.5 Å². The molecule has 0 aromatic heterocycles. The predicted molar refractivity (Wildman–Crippen MR) is 42.6 cm³/mol. The van der Waals surface area contributed by atoms with Gasteiger partial charge in [0.1, 0.15) is 0 Å². The Morgan fingerprint density at radius 2 is 1.85 bits per heavy atom. The molecule has 13 heavy (non-hydrogen) atoms. The minimum absolute atomic E-state index is 0.410. The van der Waals surface area contributed by atoms with Gasteiger partial charge in [-0.25, -0.2) is 4.79 Å². The van der Waals surface area contributed by atoms with Crippen LogP contribution >= 0.6 is 0 Å². The van der Waals surface area contributed by atoms with Crippen LogP contribution in [0.1, 0.15) is 12.8 Å². The van der Waals surface area contributed by atoms with Crippen molar-refractivity contribution in [3.05, 3.63) is 0 Å². The third-order valence-electron chi connectivity index (χ3n) is 2.39. The summed E-state index contributed by atoms with van der Waals surface area (Å²) in [6, 6.07) is -0.484. The van der Waals surface area contributed by atoms with E-state index in [1.54, 1.807) is 0 Å². The van der Waals surface area contributed by atoms with Gasteiger partial charge in [-0.15, -0.1) is 0 Å². The molecule has 0 N–H and O–H groups in total. The maximum absolute atomic E-state index is 11.3. The molecule has 5 nitrogen and oxygen atoms in total. The summed E-state index contributed by atoms with van der Waals surface area (Å²) in [5.74, 6) is -0.975. The summed E-state index contributed by atoms with van der Waals surface area (Å²) >= 11 is 0. The zero-order chi connectivity index (χ0) is 9.59. The van der Waals surface area contributed by atoms with Crippen LogP contribution in [0.2, 0.25) is 0 Å². The van der Waals surface area contributed by atoms with Crippen molar-refractivity contribution in [1.29, 1.82) is 0 Å². The van der Waals surface area contributed by atoms with Gasteiger partial charge in [0.15, 0.2) is 0 Å². The number of hydrogen-bond acceptors (Lipinski definition) is 3. The highest BCUT2D eigenvalue weighted by molar-refractivity contribution is 6.44. The fourth-order valence-electron chi connectivity index (χ4n) is 1.33. The Balaban J connectivity index is 2.13. The van der Waals surface area contributed by atoms with Crippen molar-refractivity contribution in [2.75, 3.05) is 13.6 Å². The van der Waals surface area contributed by atoms with Crippen LogP contribution in [-0.4, -0.2) is 41.2 Å². The Kier molecular flexibility index (Phi) is 1.61. The third kappa shape index (κ3) is 1.20. The second-order valence-electron chi connectivity index (χ2n) is 3.51. The highest BCUT2D eigenvalue weighted by Gasteiger charge is 2.44. The molecule has 1 aliphatic carbocycles. The number of carbonyl (C=O) groups excluding carboxylic acids is 3. The maximum atomic E-state index is 11.3. The lowest BCUT2D eigenvalue weighted by molar-refractivity contribution is -0.142. The van der Waals surface area contributed by atoms with E-state index >= 15 is 0 Å². The first kappa shape index (κ1) is 8.22. The van der Waals surface area contributed by atoms with Crippen molar-refractivity contribution in [2.45, 2.75) is 12.8 Å². The van der Waals surface area contributed by atoms with Crippen LogP contribution in [0.5, 0.6) is 0 Å². The van der Waals surface area contributed by atoms with Crippen molar-refractivity contribution in [1.82, 2.24) is 9.80 Å². The number of imide groups is 2. The predicted octanol–water partition coefficient (Wildman–Crippen LogP) is -0.183. The molecule has 5 heteroatoms. The van der Waals surface area contributed by atoms with Gasteiger partial charge in [-0.05, 0) is 18.8 Å². The van der Waals surface area contributed by atoms with E-state index in [1.807, 2.05) is 0 Å². The molecule has 0 aromatic carbocycles. The van der Waals surface area contributed by atoms with Gasteiger partial charge in [-0.1, -0.05) is 0 Å². The summed E-state index contributed by atoms with van der Waals surface area (Å²) in [6.07, 6.45) is 2.10. The lowest BCUT2D eigenvalue weighted by Crippen LogP contribution is -2.33. The van der Waals surface area contributed by atoms with Crippen LogP contribution in [0, 0.1) is 5.92 Å². The van der Waals surface area contributed by atoms with Crippen LogP contribution in [0.15, 0.2) is 0 Å². The van der Waals surface area contributed by atoms with E-state index < -0.39 is 17.8 Å². The minimum atomic E-state index is -0.717. The monoisotopic (exact) mass is 182 g/mol. The quantitative estimate of drug-likeness (QED) is 0.439. The van der Waals surface area contributed by atoms with Crippen LogP contribution in [0.25, 0.3) is 0 Å². The van der Waals surface area contributed by atoms with Crippen LogP contribution in [0.4, 0.5) is 4.79 Å². The SMILES string of the molecule is CN1C(=O)C(=O)N(CC2CC2)C1=O. The fraction of sp³-hybridized carbons (Fsp3) is 0.625. The average Bonchev–Trinajstić information content (AvgIpc) is 2.89. The van der Waals surface area contributed by atoms with Crippen molar-refractivity contribution < 1.29 is 14.4 Å². The summed E-state index contributed by atoms with van der Waals surface area (Å²) in [5, 5.41) is 0. The van der Waals surface area contributed by atoms with Crippen molar-refractivity contribution in [2.24, 2.45) is 5.92 Å². The number of hydrogen-bond donors (Lipinski definition) is 0. The highest BCUT2D eigenvalue weighted by Crippen LogP contribution is 2.30. The molecule has 1 saturated heterocycles. The molecule has 1 heterocycles. The highest BCUT2D eigenvalue weighted by atomic mass is 16.2. The van der Waals surface area contributed by atoms with Gasteiger partial charge in [0.05, 0.1) is 0 Å². The number of nitrogens with zero attached hydrogens (tertiary/aromatic N) is 2. The van der Waals surface area contributed by atoms with E-state index in [9.17, 15) is 14.4 Å². The number of carbonyl (C=O) groups is 3. The Morgan fingerprint density at radius 3 is 2.23 bits per heavy atom. The van der Waals surface area contributed by atoms with Crippen LogP contribution < -0.4 is 0 Å². The summed E-state index contributed by atoms with van der Waals surface area (Å²) in [4.78, 5) is 35.5. The first-order valence-corrected chi connectivity index (χ1v) is 4.24. The number of urea groups is 1. The second-order valence-corrected chi connectivity index (χ2v) is 3.51. The molecule has 2 rings (SSSR count). The van der Waals surface area contributed by atoms with E-state index in [2.05, 4.69) is 0 Å². The standard InChI is InChI=1S/C8H10N2O3/c1-9-6(11)7(12)10(8(9)13)4-5-2-3-5/h5H,2-4H2,1H3. The summed E-state index contributed by atoms with van der Waals surface area (Å²) in [5.41, 5.74) is 0. The second kappa shape index (κ2) is 2.55. The van der Waals surface area contributed by atoms with Crippen molar-refractivity contribution >= 4 is 17.8 Å². The lowest BCUT2D eigenvalue weighted by Gasteiger charge is -2.11. The Labute approximate surface area is 75.3 Å². The number of amides is 4. The minimum Gasteiger partial charge on any atom is -0.263 e. The zero-order valence-corrected chi connectivity index (χ0v) is 7.32. The molecule has 0 atom stereocenters. The van der Waals surface area contributed by atoms with Gasteiger partial charge in [0, 0.05) is 13.6 Å². The molecular formula is C8H10N2O3. The van der Waals surface area contributed by atoms with Crippen LogP contribution in [0.3, 0.4) is 0 Å². The van der Waals surface area contributed by atoms with Gasteiger partial charge in [0.25, 0.3) is 0 Å². The van der Waals surface area contributed by atoms with Gasteiger partial charge in [0.2, 0.25) is 0 Å². The van der Waals surface area contributed by atoms with Crippen molar-refractivity contribution in [3.63, 3.8) is 0 Å². The average molecular weight is 182 g/mol. The Morgan fingerprint density at radius 1 is 1.23 bits per heavy atom. The Bertz CT molecular complexity index is 296. The molecule has 1 aliphatic heterocycles. The third-order valence-corrected chi connectivity index (χ3v) is 2.39. The zero-order valence-electron chi connectivity index (χ0n) is 7.32. The van der Waals surface area contributed by atoms with Gasteiger partial charge in [-0.3, -0.25) is 19.4 Å². The Hall–Kier alpha value is -1.39. The molecule has 0 aromatic rings. The summed E-state index contributed by atoms with van der Waals surface area (Å²) < 4.78 is 0. The number of likely N-dealkylation sites (N-methyl/N-ethyl adjacent to an activating group) is 1. The molecule has 2 fully saturated rings. The summed E-state index contributed by atoms with van der Waals surface area (Å²) in [7, 11) is 1.33. The summed E-state index contributed by atoms with van der Waals surface area (Å²) in [6.45, 7) is 0.410. The first-order valence-electron chi connectivity index (χ1n) is 4.24. The normalized spacial score (nSPS) is 23.3. The first-order chi connectivity index (χ1) is 6.11. The smallest absolute Gasteiger partial charge is 0.263 e. The van der Waals surface area contributed by atoms with E-state index in [4.69, 9.17) is 0 Å². The van der Waals surface area contributed by atoms with E-state index in [-0.39, 0.29) is 0 Å². The molecule has 0 bridgehead atoms. The molecular weight excluding hydrogens is 172 g/mol. The van der Waals surface area contributed by atoms with Gasteiger partial charge < -0.3 is 0 Å². The fourth-order valence-corrected chi connectivity index (χ4v) is 1.33. The largest absolute Gasteiger partial charge is 0.333 e. The van der Waals surface area contributed by atoms with Crippen LogP contribution in [-0.2, 0) is 9.59 Å². The molecule has 2 aliphatic rings.